The number of likely N-dealkylation sites (tertiary alicyclic amines) is 1. The first-order valence-corrected chi connectivity index (χ1v) is 7.98. The summed E-state index contributed by atoms with van der Waals surface area (Å²) in [5.74, 6) is 0. The molecule has 3 atom stereocenters. The average molecular weight is 256 g/mol. The van der Waals surface area contributed by atoms with Crippen molar-refractivity contribution in [3.63, 3.8) is 0 Å². The zero-order valence-electron chi connectivity index (χ0n) is 11.6. The predicted octanol–water partition coefficient (Wildman–Crippen LogP) is 2.89. The van der Waals surface area contributed by atoms with Crippen molar-refractivity contribution in [2.24, 2.45) is 0 Å². The topological polar surface area (TPSA) is 15.3 Å². The molecule has 1 N–H and O–H groups in total. The molecule has 2 nitrogen and oxygen atoms in total. The number of nitrogens with zero attached hydrogens (tertiary/aromatic N) is 1. The lowest BCUT2D eigenvalue weighted by Crippen LogP contribution is -2.38. The fourth-order valence-corrected chi connectivity index (χ4v) is 4.36. The molecule has 3 aliphatic rings. The van der Waals surface area contributed by atoms with Gasteiger partial charge in [-0.25, -0.2) is 0 Å². The number of benzene rings is 1. The lowest BCUT2D eigenvalue weighted by Gasteiger charge is -2.36. The molecule has 0 saturated carbocycles. The molecular formula is C17H24N2. The SMILES string of the molecule is c1ccc2c(c1)CCCC2N1CCC2CCC(C1)N2. The van der Waals surface area contributed by atoms with Crippen LogP contribution in [0.2, 0.25) is 0 Å². The van der Waals surface area contributed by atoms with Crippen molar-refractivity contribution in [3.05, 3.63) is 35.4 Å². The maximum absolute atomic E-state index is 3.80. The number of hydrogen-bond acceptors (Lipinski definition) is 2. The van der Waals surface area contributed by atoms with Crippen LogP contribution < -0.4 is 5.32 Å². The van der Waals surface area contributed by atoms with Gasteiger partial charge in [0.15, 0.2) is 0 Å². The van der Waals surface area contributed by atoms with E-state index >= 15 is 0 Å². The summed E-state index contributed by atoms with van der Waals surface area (Å²) in [6.45, 7) is 2.54. The predicted molar refractivity (Wildman–Crippen MR) is 78.3 cm³/mol. The van der Waals surface area contributed by atoms with Crippen molar-refractivity contribution in [1.82, 2.24) is 10.2 Å². The Morgan fingerprint density at radius 2 is 1.89 bits per heavy atom. The summed E-state index contributed by atoms with van der Waals surface area (Å²) in [6, 6.07) is 11.4. The van der Waals surface area contributed by atoms with Crippen molar-refractivity contribution in [1.29, 1.82) is 0 Å². The van der Waals surface area contributed by atoms with Gasteiger partial charge >= 0.3 is 0 Å². The molecule has 102 valence electrons. The average Bonchev–Trinajstić information content (AvgIpc) is 2.78. The molecule has 1 aliphatic carbocycles. The van der Waals surface area contributed by atoms with E-state index in [-0.39, 0.29) is 0 Å². The van der Waals surface area contributed by atoms with Crippen LogP contribution in [0.4, 0.5) is 0 Å². The summed E-state index contributed by atoms with van der Waals surface area (Å²) in [7, 11) is 0. The van der Waals surface area contributed by atoms with Crippen LogP contribution in [0.1, 0.15) is 49.3 Å². The number of nitrogens with one attached hydrogen (secondary N) is 1. The van der Waals surface area contributed by atoms with E-state index < -0.39 is 0 Å². The standard InChI is InChI=1S/C17H24N2/c1-2-6-16-13(4-1)5-3-7-17(16)19-11-10-14-8-9-15(12-19)18-14/h1-2,4,6,14-15,17-18H,3,5,7-12H2. The monoisotopic (exact) mass is 256 g/mol. The van der Waals surface area contributed by atoms with E-state index in [1.54, 1.807) is 11.1 Å². The second-order valence-corrected chi connectivity index (χ2v) is 6.53. The highest BCUT2D eigenvalue weighted by Crippen LogP contribution is 2.36. The van der Waals surface area contributed by atoms with Gasteiger partial charge in [-0.1, -0.05) is 24.3 Å². The van der Waals surface area contributed by atoms with Crippen molar-refractivity contribution >= 4 is 0 Å². The van der Waals surface area contributed by atoms with Crippen LogP contribution in [-0.2, 0) is 6.42 Å². The minimum Gasteiger partial charge on any atom is -0.310 e. The molecule has 4 rings (SSSR count). The number of hydrogen-bond donors (Lipinski definition) is 1. The summed E-state index contributed by atoms with van der Waals surface area (Å²) < 4.78 is 0. The molecule has 2 bridgehead atoms. The Kier molecular flexibility index (Phi) is 3.08. The quantitative estimate of drug-likeness (QED) is 0.831. The molecule has 0 spiro atoms. The molecule has 3 unspecified atom stereocenters. The zero-order chi connectivity index (χ0) is 12.7. The third-order valence-electron chi connectivity index (χ3n) is 5.33. The fraction of sp³-hybridized carbons (Fsp3) is 0.647. The number of fused-ring (bicyclic) bond motifs is 3. The zero-order valence-corrected chi connectivity index (χ0v) is 11.6. The van der Waals surface area contributed by atoms with E-state index in [0.717, 1.165) is 12.1 Å². The first-order chi connectivity index (χ1) is 9.40. The lowest BCUT2D eigenvalue weighted by atomic mass is 9.86. The highest BCUT2D eigenvalue weighted by atomic mass is 15.2. The molecule has 2 heteroatoms. The van der Waals surface area contributed by atoms with E-state index in [4.69, 9.17) is 0 Å². The van der Waals surface area contributed by atoms with Crippen LogP contribution in [0.15, 0.2) is 24.3 Å². The van der Waals surface area contributed by atoms with E-state index in [9.17, 15) is 0 Å². The van der Waals surface area contributed by atoms with Crippen LogP contribution in [0.25, 0.3) is 0 Å². The summed E-state index contributed by atoms with van der Waals surface area (Å²) in [5, 5.41) is 3.80. The molecule has 2 fully saturated rings. The Morgan fingerprint density at radius 1 is 1.00 bits per heavy atom. The van der Waals surface area contributed by atoms with Crippen molar-refractivity contribution in [2.75, 3.05) is 13.1 Å². The molecular weight excluding hydrogens is 232 g/mol. The highest BCUT2D eigenvalue weighted by Gasteiger charge is 2.33. The van der Waals surface area contributed by atoms with Gasteiger partial charge in [0.05, 0.1) is 0 Å². The van der Waals surface area contributed by atoms with Crippen LogP contribution in [0.5, 0.6) is 0 Å². The van der Waals surface area contributed by atoms with Gasteiger partial charge in [-0.2, -0.15) is 0 Å². The minimum atomic E-state index is 0.686. The normalized spacial score (nSPS) is 34.8. The Labute approximate surface area is 116 Å². The Bertz CT molecular complexity index is 456. The third kappa shape index (κ3) is 2.21. The van der Waals surface area contributed by atoms with Gasteiger partial charge in [0.2, 0.25) is 0 Å². The van der Waals surface area contributed by atoms with Crippen LogP contribution in [-0.4, -0.2) is 30.1 Å². The van der Waals surface area contributed by atoms with Crippen molar-refractivity contribution < 1.29 is 0 Å². The van der Waals surface area contributed by atoms with Gasteiger partial charge < -0.3 is 5.32 Å². The molecule has 1 aromatic rings. The number of aryl methyl sites for hydroxylation is 1. The first-order valence-electron chi connectivity index (χ1n) is 7.98. The smallest absolute Gasteiger partial charge is 0.0351 e. The summed E-state index contributed by atoms with van der Waals surface area (Å²) in [5.41, 5.74) is 3.22. The molecule has 19 heavy (non-hydrogen) atoms. The second kappa shape index (κ2) is 4.92. The molecule has 2 heterocycles. The first kappa shape index (κ1) is 11.9. The van der Waals surface area contributed by atoms with E-state index in [1.807, 2.05) is 0 Å². The van der Waals surface area contributed by atoms with E-state index in [1.165, 1.54) is 51.6 Å². The minimum absolute atomic E-state index is 0.686. The van der Waals surface area contributed by atoms with Crippen LogP contribution in [0.3, 0.4) is 0 Å². The molecule has 0 aromatic heterocycles. The van der Waals surface area contributed by atoms with Gasteiger partial charge in [-0.3, -0.25) is 4.90 Å². The maximum atomic E-state index is 3.80. The highest BCUT2D eigenvalue weighted by molar-refractivity contribution is 5.32. The Balaban J connectivity index is 1.59. The van der Waals surface area contributed by atoms with Gasteiger partial charge in [0.25, 0.3) is 0 Å². The molecule has 0 radical (unpaired) electrons. The van der Waals surface area contributed by atoms with Crippen molar-refractivity contribution in [2.45, 2.75) is 56.7 Å². The van der Waals surface area contributed by atoms with Gasteiger partial charge in [0.1, 0.15) is 0 Å². The van der Waals surface area contributed by atoms with Gasteiger partial charge in [-0.05, 0) is 49.7 Å². The summed E-state index contributed by atoms with van der Waals surface area (Å²) >= 11 is 0. The molecule has 2 aliphatic heterocycles. The summed E-state index contributed by atoms with van der Waals surface area (Å²) in [6.07, 6.45) is 8.13. The molecule has 1 aromatic carbocycles. The summed E-state index contributed by atoms with van der Waals surface area (Å²) in [4.78, 5) is 2.77. The largest absolute Gasteiger partial charge is 0.310 e. The molecule has 0 amide bonds. The fourth-order valence-electron chi connectivity index (χ4n) is 4.36. The van der Waals surface area contributed by atoms with E-state index in [0.29, 0.717) is 6.04 Å². The Hall–Kier alpha value is -0.860. The third-order valence-corrected chi connectivity index (χ3v) is 5.33. The van der Waals surface area contributed by atoms with Gasteiger partial charge in [0, 0.05) is 31.2 Å². The van der Waals surface area contributed by atoms with Crippen LogP contribution >= 0.6 is 0 Å². The van der Waals surface area contributed by atoms with Crippen molar-refractivity contribution in [3.8, 4) is 0 Å². The maximum Gasteiger partial charge on any atom is 0.0351 e. The van der Waals surface area contributed by atoms with E-state index in [2.05, 4.69) is 34.5 Å². The molecule has 2 saturated heterocycles. The lowest BCUT2D eigenvalue weighted by molar-refractivity contribution is 0.170. The Morgan fingerprint density at radius 3 is 2.89 bits per heavy atom. The van der Waals surface area contributed by atoms with Crippen LogP contribution in [0, 0.1) is 0 Å². The second-order valence-electron chi connectivity index (χ2n) is 6.53. The van der Waals surface area contributed by atoms with Gasteiger partial charge in [-0.15, -0.1) is 0 Å². The number of rotatable bonds is 1.